The number of nitrogens with one attached hydrogen (secondary N) is 3. The number of aromatic nitrogens is 6. The molecule has 4 rings (SSSR count). The average molecular weight is 472 g/mol. The molecule has 0 unspecified atom stereocenters. The van der Waals surface area contributed by atoms with Gasteiger partial charge in [0.1, 0.15) is 16.4 Å². The molecule has 0 aliphatic heterocycles. The Kier molecular flexibility index (Phi) is 6.96. The predicted octanol–water partition coefficient (Wildman–Crippen LogP) is 3.84. The van der Waals surface area contributed by atoms with Crippen molar-refractivity contribution in [2.75, 3.05) is 11.5 Å². The van der Waals surface area contributed by atoms with Crippen LogP contribution in [0.3, 0.4) is 0 Å². The molecule has 4 aromatic heterocycles. The van der Waals surface area contributed by atoms with Crippen molar-refractivity contribution in [1.29, 1.82) is 0 Å². The van der Waals surface area contributed by atoms with E-state index in [1.54, 1.807) is 24.5 Å². The Bertz CT molecular complexity index is 1160. The first-order valence-electron chi connectivity index (χ1n) is 6.82. The van der Waals surface area contributed by atoms with E-state index in [2.05, 4.69) is 63.6 Å². The molecule has 4 aromatic rings. The van der Waals surface area contributed by atoms with Gasteiger partial charge in [-0.15, -0.1) is 0 Å². The smallest absolute Gasteiger partial charge is 0.339 e. The minimum atomic E-state index is -3.22. The van der Waals surface area contributed by atoms with E-state index in [0.717, 1.165) is 5.39 Å². The van der Waals surface area contributed by atoms with Crippen molar-refractivity contribution >= 4 is 84.5 Å². The van der Waals surface area contributed by atoms with Gasteiger partial charge in [0.2, 0.25) is 11.9 Å². The van der Waals surface area contributed by atoms with Crippen LogP contribution in [0.15, 0.2) is 29.3 Å². The molecule has 4 heterocycles. The number of rotatable bonds is 0. The summed E-state index contributed by atoms with van der Waals surface area (Å²) in [7, 11) is 0. The SMILES string of the molecule is Nc1nc(Cl)c2cc[nH]c2n1.Nc1nc2[nH]ccc2c(=O)[nH]1.O=P(Cl)(Cl)Cl. The predicted molar refractivity (Wildman–Crippen MR) is 110 cm³/mol. The van der Waals surface area contributed by atoms with Gasteiger partial charge in [0.25, 0.3) is 5.56 Å². The molecule has 15 heteroatoms. The van der Waals surface area contributed by atoms with Gasteiger partial charge in [-0.25, -0.2) is 4.98 Å². The van der Waals surface area contributed by atoms with Gasteiger partial charge < -0.3 is 21.4 Å². The van der Waals surface area contributed by atoms with Crippen LogP contribution in [0.5, 0.6) is 0 Å². The molecule has 0 atom stereocenters. The first-order chi connectivity index (χ1) is 12.5. The summed E-state index contributed by atoms with van der Waals surface area (Å²) in [4.78, 5) is 30.7. The van der Waals surface area contributed by atoms with Crippen molar-refractivity contribution in [1.82, 2.24) is 29.9 Å². The van der Waals surface area contributed by atoms with Gasteiger partial charge in [-0.1, -0.05) is 11.6 Å². The van der Waals surface area contributed by atoms with E-state index in [1.165, 1.54) is 0 Å². The molecule has 0 radical (unpaired) electrons. The summed E-state index contributed by atoms with van der Waals surface area (Å²) in [6.07, 6.45) is 3.39. The molecular formula is C12H11Cl4N8O2P. The van der Waals surface area contributed by atoms with Crippen molar-refractivity contribution in [2.24, 2.45) is 0 Å². The van der Waals surface area contributed by atoms with Crippen LogP contribution in [0.2, 0.25) is 5.15 Å². The monoisotopic (exact) mass is 470 g/mol. The molecule has 0 bridgehead atoms. The third-order valence-electron chi connectivity index (χ3n) is 2.83. The minimum absolute atomic E-state index is 0.130. The Morgan fingerprint density at radius 3 is 2.04 bits per heavy atom. The third-order valence-corrected chi connectivity index (χ3v) is 3.12. The lowest BCUT2D eigenvalue weighted by atomic mass is 10.4. The number of H-pyrrole nitrogens is 3. The second-order valence-corrected chi connectivity index (χ2v) is 11.7. The zero-order chi connectivity index (χ0) is 20.2. The quantitative estimate of drug-likeness (QED) is 0.191. The highest BCUT2D eigenvalue weighted by Gasteiger charge is 2.03. The van der Waals surface area contributed by atoms with Crippen molar-refractivity contribution in [3.8, 4) is 0 Å². The zero-order valence-electron chi connectivity index (χ0n) is 13.1. The number of hydrogen-bond donors (Lipinski definition) is 5. The summed E-state index contributed by atoms with van der Waals surface area (Å²) in [5.41, 5.74) is 11.6. The van der Waals surface area contributed by atoms with E-state index in [-0.39, 0.29) is 17.5 Å². The second-order valence-electron chi connectivity index (χ2n) is 4.70. The van der Waals surface area contributed by atoms with E-state index < -0.39 is 5.20 Å². The highest BCUT2D eigenvalue weighted by Crippen LogP contribution is 2.61. The molecule has 0 aliphatic carbocycles. The summed E-state index contributed by atoms with van der Waals surface area (Å²) in [5.74, 6) is 0.315. The Hall–Kier alpha value is -1.97. The van der Waals surface area contributed by atoms with Gasteiger partial charge in [0.15, 0.2) is 0 Å². The average Bonchev–Trinajstić information content (AvgIpc) is 3.14. The van der Waals surface area contributed by atoms with E-state index >= 15 is 0 Å². The number of fused-ring (bicyclic) bond motifs is 2. The number of hydrogen-bond acceptors (Lipinski definition) is 7. The molecule has 0 fully saturated rings. The highest BCUT2D eigenvalue weighted by molar-refractivity contribution is 8.24. The number of aromatic amines is 3. The molecule has 27 heavy (non-hydrogen) atoms. The summed E-state index contributed by atoms with van der Waals surface area (Å²) >= 11 is 19.6. The normalized spacial score (nSPS) is 10.8. The molecule has 10 nitrogen and oxygen atoms in total. The third kappa shape index (κ3) is 6.60. The first-order valence-corrected chi connectivity index (χ1v) is 11.6. The van der Waals surface area contributed by atoms with Crippen LogP contribution in [-0.2, 0) is 4.57 Å². The van der Waals surface area contributed by atoms with Crippen molar-refractivity contribution in [3.63, 3.8) is 0 Å². The van der Waals surface area contributed by atoms with Crippen LogP contribution in [0.25, 0.3) is 22.1 Å². The number of nitrogen functional groups attached to an aromatic ring is 2. The Morgan fingerprint density at radius 1 is 0.926 bits per heavy atom. The number of halogens is 4. The molecule has 0 aliphatic rings. The summed E-state index contributed by atoms with van der Waals surface area (Å²) < 4.78 is 9.51. The molecule has 0 amide bonds. The second kappa shape index (κ2) is 8.81. The zero-order valence-corrected chi connectivity index (χ0v) is 17.0. The fraction of sp³-hybridized carbons (Fsp3) is 0. The molecule has 0 aromatic carbocycles. The van der Waals surface area contributed by atoms with Gasteiger partial charge in [0.05, 0.1) is 10.8 Å². The molecule has 7 N–H and O–H groups in total. The standard InChI is InChI=1S/C6H5ClN4.C6H6N4O.Cl3OP/c7-4-3-1-2-9-5(3)11-6(8)10-4;7-6-9-4-3(1-2-8-4)5(11)10-6;1-5(2,3)4/h1-2H,(H3,8,9,10,11);1-2H,(H4,7,8,9,10,11);. The lowest BCUT2D eigenvalue weighted by Gasteiger charge is -1.93. The van der Waals surface area contributed by atoms with E-state index in [1.807, 2.05) is 0 Å². The van der Waals surface area contributed by atoms with E-state index in [4.69, 9.17) is 23.1 Å². The largest absolute Gasteiger partial charge is 0.369 e. The van der Waals surface area contributed by atoms with Crippen LogP contribution >= 0.6 is 50.5 Å². The Labute approximate surface area is 170 Å². The number of nitrogens with two attached hydrogens (primary N) is 2. The van der Waals surface area contributed by atoms with Crippen LogP contribution < -0.4 is 17.0 Å². The molecule has 0 spiro atoms. The summed E-state index contributed by atoms with van der Waals surface area (Å²) in [5, 5.41) is -1.52. The van der Waals surface area contributed by atoms with Crippen molar-refractivity contribution < 1.29 is 4.57 Å². The summed E-state index contributed by atoms with van der Waals surface area (Å²) in [6.45, 7) is 0. The van der Waals surface area contributed by atoms with Crippen LogP contribution in [-0.4, -0.2) is 29.9 Å². The van der Waals surface area contributed by atoms with Crippen LogP contribution in [0, 0.1) is 0 Å². The maximum absolute atomic E-state index is 11.1. The van der Waals surface area contributed by atoms with Gasteiger partial charge in [-0.3, -0.25) is 14.3 Å². The lowest BCUT2D eigenvalue weighted by Crippen LogP contribution is -2.09. The Balaban J connectivity index is 0.000000157. The minimum Gasteiger partial charge on any atom is -0.369 e. The molecule has 0 saturated carbocycles. The fourth-order valence-corrected chi connectivity index (χ4v) is 2.13. The van der Waals surface area contributed by atoms with Crippen molar-refractivity contribution in [2.45, 2.75) is 0 Å². The molecular weight excluding hydrogens is 461 g/mol. The van der Waals surface area contributed by atoms with E-state index in [9.17, 15) is 9.36 Å². The van der Waals surface area contributed by atoms with E-state index in [0.29, 0.717) is 21.8 Å². The van der Waals surface area contributed by atoms with Gasteiger partial charge >= 0.3 is 5.20 Å². The maximum Gasteiger partial charge on any atom is 0.339 e. The van der Waals surface area contributed by atoms with Gasteiger partial charge in [0, 0.05) is 12.4 Å². The van der Waals surface area contributed by atoms with Gasteiger partial charge in [-0.2, -0.15) is 9.97 Å². The lowest BCUT2D eigenvalue weighted by molar-refractivity contribution is 0.600. The molecule has 0 saturated heterocycles. The Morgan fingerprint density at radius 2 is 1.44 bits per heavy atom. The van der Waals surface area contributed by atoms with Crippen LogP contribution in [0.1, 0.15) is 0 Å². The summed E-state index contributed by atoms with van der Waals surface area (Å²) in [6, 6.07) is 3.46. The first kappa shape index (κ1) is 21.3. The highest BCUT2D eigenvalue weighted by atomic mass is 36.0. The maximum atomic E-state index is 11.1. The topological polar surface area (TPSA) is 172 Å². The van der Waals surface area contributed by atoms with Crippen LogP contribution in [0.4, 0.5) is 11.9 Å². The van der Waals surface area contributed by atoms with Crippen molar-refractivity contribution in [3.05, 3.63) is 40.0 Å². The molecule has 144 valence electrons. The van der Waals surface area contributed by atoms with Gasteiger partial charge in [-0.05, 0) is 45.9 Å². The number of anilines is 2. The fourth-order valence-electron chi connectivity index (χ4n) is 1.89. The number of nitrogens with zero attached hydrogens (tertiary/aromatic N) is 3.